The van der Waals surface area contributed by atoms with Gasteiger partial charge in [-0.15, -0.1) is 0 Å². The van der Waals surface area contributed by atoms with E-state index in [2.05, 4.69) is 10.6 Å². The number of carboxylic acids is 1. The number of benzene rings is 2. The molecule has 2 aromatic carbocycles. The van der Waals surface area contributed by atoms with E-state index in [9.17, 15) is 19.0 Å². The second-order valence-corrected chi connectivity index (χ2v) is 10.8. The number of piperidine rings is 1. The van der Waals surface area contributed by atoms with Crippen LogP contribution in [-0.2, 0) is 22.1 Å². The molecule has 0 aromatic heterocycles. The second kappa shape index (κ2) is 9.62. The SMILES string of the molecule is O=C(O)c1ccc(CNc2ccc(S(=O)C3(C(=O)NO)CCC4(CCNCC4)C3)cc2)cc1. The van der Waals surface area contributed by atoms with Gasteiger partial charge in [-0.3, -0.25) is 14.2 Å². The van der Waals surface area contributed by atoms with E-state index in [4.69, 9.17) is 5.11 Å². The van der Waals surface area contributed by atoms with Crippen molar-refractivity contribution in [3.8, 4) is 0 Å². The molecule has 2 atom stereocenters. The first kappa shape index (κ1) is 23.4. The van der Waals surface area contributed by atoms with E-state index in [0.29, 0.717) is 24.3 Å². The van der Waals surface area contributed by atoms with Crippen molar-refractivity contribution >= 4 is 28.4 Å². The number of nitrogens with one attached hydrogen (secondary N) is 3. The van der Waals surface area contributed by atoms with Crippen molar-refractivity contribution in [1.29, 1.82) is 0 Å². The molecular formula is C24H29N3O5S. The Balaban J connectivity index is 1.46. The molecular weight excluding hydrogens is 442 g/mol. The summed E-state index contributed by atoms with van der Waals surface area (Å²) < 4.78 is 12.5. The minimum absolute atomic E-state index is 0.00883. The number of aromatic carboxylic acids is 1. The smallest absolute Gasteiger partial charge is 0.335 e. The summed E-state index contributed by atoms with van der Waals surface area (Å²) in [4.78, 5) is 24.3. The fraction of sp³-hybridized carbons (Fsp3) is 0.417. The summed E-state index contributed by atoms with van der Waals surface area (Å²) in [6.45, 7) is 2.29. The minimum Gasteiger partial charge on any atom is -0.478 e. The summed E-state index contributed by atoms with van der Waals surface area (Å²) in [6.07, 6.45) is 3.71. The summed E-state index contributed by atoms with van der Waals surface area (Å²) in [5.41, 5.74) is 3.77. The molecule has 1 spiro atoms. The van der Waals surface area contributed by atoms with Gasteiger partial charge in [0.15, 0.2) is 0 Å². The number of hydrogen-bond donors (Lipinski definition) is 5. The van der Waals surface area contributed by atoms with E-state index in [1.807, 2.05) is 12.1 Å². The lowest BCUT2D eigenvalue weighted by Gasteiger charge is -2.36. The van der Waals surface area contributed by atoms with Crippen LogP contribution >= 0.6 is 0 Å². The molecule has 8 nitrogen and oxygen atoms in total. The third-order valence-electron chi connectivity index (χ3n) is 7.02. The predicted octanol–water partition coefficient (Wildman–Crippen LogP) is 2.90. The van der Waals surface area contributed by atoms with E-state index in [-0.39, 0.29) is 11.0 Å². The maximum absolute atomic E-state index is 13.6. The fourth-order valence-corrected chi connectivity index (χ4v) is 6.84. The topological polar surface area (TPSA) is 128 Å². The van der Waals surface area contributed by atoms with Gasteiger partial charge >= 0.3 is 5.97 Å². The highest BCUT2D eigenvalue weighted by atomic mass is 32.2. The van der Waals surface area contributed by atoms with Crippen LogP contribution in [0.4, 0.5) is 5.69 Å². The number of carbonyl (C=O) groups is 2. The maximum atomic E-state index is 13.6. The first-order chi connectivity index (χ1) is 15.9. The Labute approximate surface area is 195 Å². The molecule has 2 aliphatic rings. The standard InChI is InChI=1S/C24H29N3O5S/c28-21(29)18-3-1-17(2-4-18)15-26-19-5-7-20(8-6-19)33(32)24(22(30)27-31)10-9-23(16-24)11-13-25-14-12-23/h1-8,25-26,31H,9-16H2,(H,27,30)(H,28,29). The Hall–Kier alpha value is -2.75. The van der Waals surface area contributed by atoms with Crippen LogP contribution in [0.3, 0.4) is 0 Å². The van der Waals surface area contributed by atoms with Gasteiger partial charge in [-0.2, -0.15) is 0 Å². The van der Waals surface area contributed by atoms with E-state index in [0.717, 1.165) is 43.6 Å². The minimum atomic E-state index is -1.61. The molecule has 2 unspecified atom stereocenters. The first-order valence-corrected chi connectivity index (χ1v) is 12.3. The Kier molecular flexibility index (Phi) is 6.83. The van der Waals surface area contributed by atoms with Crippen LogP contribution in [0.5, 0.6) is 0 Å². The van der Waals surface area contributed by atoms with Crippen LogP contribution in [0, 0.1) is 5.41 Å². The fourth-order valence-electron chi connectivity index (χ4n) is 5.06. The van der Waals surface area contributed by atoms with E-state index in [1.54, 1.807) is 41.9 Å². The normalized spacial score (nSPS) is 22.6. The summed E-state index contributed by atoms with van der Waals surface area (Å²) >= 11 is 0. The summed E-state index contributed by atoms with van der Waals surface area (Å²) in [7, 11) is -1.61. The lowest BCUT2D eigenvalue weighted by atomic mass is 9.77. The van der Waals surface area contributed by atoms with Gasteiger partial charge in [-0.05, 0) is 92.6 Å². The molecule has 176 valence electrons. The van der Waals surface area contributed by atoms with Crippen LogP contribution in [0.15, 0.2) is 53.4 Å². The van der Waals surface area contributed by atoms with Crippen LogP contribution in [0.2, 0.25) is 0 Å². The van der Waals surface area contributed by atoms with E-state index < -0.39 is 27.4 Å². The zero-order valence-electron chi connectivity index (χ0n) is 18.3. The number of rotatable bonds is 7. The summed E-state index contributed by atoms with van der Waals surface area (Å²) in [6, 6.07) is 13.8. The van der Waals surface area contributed by atoms with Crippen molar-refractivity contribution < 1.29 is 24.1 Å². The molecule has 4 rings (SSSR count). The van der Waals surface area contributed by atoms with Gasteiger partial charge in [-0.1, -0.05) is 12.1 Å². The number of amides is 1. The zero-order valence-corrected chi connectivity index (χ0v) is 19.1. The molecule has 0 radical (unpaired) electrons. The summed E-state index contributed by atoms with van der Waals surface area (Å²) in [5, 5.41) is 25.0. The number of hydrogen-bond acceptors (Lipinski definition) is 6. The molecule has 0 bridgehead atoms. The molecule has 9 heteroatoms. The lowest BCUT2D eigenvalue weighted by molar-refractivity contribution is -0.132. The Morgan fingerprint density at radius 1 is 0.970 bits per heavy atom. The number of anilines is 1. The van der Waals surface area contributed by atoms with Crippen LogP contribution < -0.4 is 16.1 Å². The Morgan fingerprint density at radius 2 is 1.64 bits per heavy atom. The molecule has 1 aliphatic heterocycles. The van der Waals surface area contributed by atoms with Crippen LogP contribution in [0.25, 0.3) is 0 Å². The van der Waals surface area contributed by atoms with Crippen molar-refractivity contribution in [3.63, 3.8) is 0 Å². The third-order valence-corrected chi connectivity index (χ3v) is 8.96. The van der Waals surface area contributed by atoms with Crippen LogP contribution in [-0.4, -0.2) is 44.2 Å². The predicted molar refractivity (Wildman–Crippen MR) is 125 cm³/mol. The number of hydroxylamine groups is 1. The van der Waals surface area contributed by atoms with Gasteiger partial charge in [0.05, 0.1) is 16.4 Å². The van der Waals surface area contributed by atoms with Crippen molar-refractivity contribution in [2.75, 3.05) is 18.4 Å². The molecule has 1 aliphatic carbocycles. The number of carbonyl (C=O) groups excluding carboxylic acids is 1. The van der Waals surface area contributed by atoms with Crippen molar-refractivity contribution in [1.82, 2.24) is 10.8 Å². The molecule has 5 N–H and O–H groups in total. The van der Waals surface area contributed by atoms with Crippen LogP contribution in [0.1, 0.15) is 48.0 Å². The average Bonchev–Trinajstić information content (AvgIpc) is 3.22. The maximum Gasteiger partial charge on any atom is 0.335 e. The largest absolute Gasteiger partial charge is 0.478 e. The molecule has 1 saturated carbocycles. The average molecular weight is 472 g/mol. The van der Waals surface area contributed by atoms with Gasteiger partial charge in [0.2, 0.25) is 0 Å². The third kappa shape index (κ3) is 4.80. The second-order valence-electron chi connectivity index (χ2n) is 9.01. The highest BCUT2D eigenvalue weighted by Crippen LogP contribution is 2.53. The van der Waals surface area contributed by atoms with Crippen molar-refractivity contribution in [3.05, 3.63) is 59.7 Å². The van der Waals surface area contributed by atoms with Gasteiger partial charge in [0.1, 0.15) is 4.75 Å². The molecule has 2 aromatic rings. The van der Waals surface area contributed by atoms with Crippen molar-refractivity contribution in [2.24, 2.45) is 5.41 Å². The van der Waals surface area contributed by atoms with Gasteiger partial charge < -0.3 is 15.7 Å². The van der Waals surface area contributed by atoms with Gasteiger partial charge in [0.25, 0.3) is 5.91 Å². The first-order valence-electron chi connectivity index (χ1n) is 11.1. The lowest BCUT2D eigenvalue weighted by Crippen LogP contribution is -2.48. The molecule has 1 saturated heterocycles. The van der Waals surface area contributed by atoms with Crippen molar-refractivity contribution in [2.45, 2.75) is 48.3 Å². The summed E-state index contributed by atoms with van der Waals surface area (Å²) in [5.74, 6) is -1.53. The monoisotopic (exact) mass is 471 g/mol. The quantitative estimate of drug-likeness (QED) is 0.310. The Morgan fingerprint density at radius 3 is 2.24 bits per heavy atom. The van der Waals surface area contributed by atoms with Gasteiger partial charge in [-0.25, -0.2) is 10.3 Å². The Bertz CT molecular complexity index is 1040. The molecule has 2 fully saturated rings. The molecule has 33 heavy (non-hydrogen) atoms. The highest BCUT2D eigenvalue weighted by molar-refractivity contribution is 7.87. The van der Waals surface area contributed by atoms with Gasteiger partial charge in [0, 0.05) is 17.1 Å². The highest BCUT2D eigenvalue weighted by Gasteiger charge is 2.56. The van der Waals surface area contributed by atoms with E-state index in [1.165, 1.54) is 0 Å². The molecule has 1 heterocycles. The molecule has 1 amide bonds. The van der Waals surface area contributed by atoms with E-state index >= 15 is 0 Å². The number of carboxylic acid groups (broad SMARTS) is 1. The zero-order chi connectivity index (χ0) is 23.5.